The van der Waals surface area contributed by atoms with Crippen LogP contribution in [-0.4, -0.2) is 26.0 Å². The van der Waals surface area contributed by atoms with Crippen LogP contribution in [0, 0.1) is 5.92 Å². The molecule has 1 amide bonds. The molecule has 17 heavy (non-hydrogen) atoms. The second-order valence-electron chi connectivity index (χ2n) is 4.69. The number of thiophene rings is 1. The Morgan fingerprint density at radius 3 is 2.65 bits per heavy atom. The molecule has 0 radical (unpaired) electrons. The fraction of sp³-hybridized carbons (Fsp3) is 0.615. The molecule has 1 aromatic heterocycles. The van der Waals surface area contributed by atoms with Crippen LogP contribution in [-0.2, 0) is 4.79 Å². The van der Waals surface area contributed by atoms with Gasteiger partial charge in [-0.1, -0.05) is 0 Å². The van der Waals surface area contributed by atoms with Crippen molar-refractivity contribution in [2.24, 2.45) is 5.92 Å². The Bertz CT molecular complexity index is 356. The third-order valence-electron chi connectivity index (χ3n) is 3.65. The quantitative estimate of drug-likeness (QED) is 0.896. The maximum Gasteiger partial charge on any atom is 0.230 e. The number of nitrogens with zero attached hydrogens (tertiary/aromatic N) is 1. The third-order valence-corrected chi connectivity index (χ3v) is 4.60. The van der Waals surface area contributed by atoms with E-state index in [0.29, 0.717) is 6.04 Å². The molecule has 1 fully saturated rings. The lowest BCUT2D eigenvalue weighted by Crippen LogP contribution is -2.38. The van der Waals surface area contributed by atoms with Crippen LogP contribution >= 0.6 is 11.3 Å². The van der Waals surface area contributed by atoms with Gasteiger partial charge in [-0.3, -0.25) is 4.79 Å². The molecule has 0 atom stereocenters. The summed E-state index contributed by atoms with van der Waals surface area (Å²) in [7, 11) is 3.89. The summed E-state index contributed by atoms with van der Waals surface area (Å²) in [5.74, 6) is 0.494. The minimum Gasteiger partial charge on any atom is -0.317 e. The third kappa shape index (κ3) is 2.87. The maximum atomic E-state index is 12.3. The number of hydrogen-bond acceptors (Lipinski definition) is 3. The molecule has 1 heterocycles. The zero-order valence-electron chi connectivity index (χ0n) is 10.5. The second-order valence-corrected chi connectivity index (χ2v) is 5.61. The van der Waals surface area contributed by atoms with Crippen LogP contribution in [0.25, 0.3) is 0 Å². The van der Waals surface area contributed by atoms with Crippen LogP contribution in [0.15, 0.2) is 17.5 Å². The topological polar surface area (TPSA) is 32.3 Å². The molecule has 1 N–H and O–H groups in total. The van der Waals surface area contributed by atoms with Crippen molar-refractivity contribution in [2.75, 3.05) is 19.0 Å². The molecule has 0 spiro atoms. The molecule has 0 bridgehead atoms. The summed E-state index contributed by atoms with van der Waals surface area (Å²) in [6.07, 6.45) is 4.26. The molecular formula is C13H20N2OS. The largest absolute Gasteiger partial charge is 0.317 e. The minimum atomic E-state index is 0.215. The van der Waals surface area contributed by atoms with E-state index in [9.17, 15) is 4.79 Å². The van der Waals surface area contributed by atoms with E-state index in [1.54, 1.807) is 11.3 Å². The van der Waals surface area contributed by atoms with Gasteiger partial charge < -0.3 is 10.2 Å². The van der Waals surface area contributed by atoms with Crippen molar-refractivity contribution in [1.82, 2.24) is 5.32 Å². The van der Waals surface area contributed by atoms with E-state index in [4.69, 9.17) is 0 Å². The number of carbonyl (C=O) groups is 1. The molecule has 0 aliphatic heterocycles. The van der Waals surface area contributed by atoms with Crippen molar-refractivity contribution < 1.29 is 4.79 Å². The first-order valence-corrected chi connectivity index (χ1v) is 7.08. The van der Waals surface area contributed by atoms with Crippen molar-refractivity contribution in [3.8, 4) is 0 Å². The molecule has 4 heteroatoms. The summed E-state index contributed by atoms with van der Waals surface area (Å²) in [6.45, 7) is 0. The van der Waals surface area contributed by atoms with Crippen LogP contribution in [0.2, 0.25) is 0 Å². The molecule has 3 nitrogen and oxygen atoms in total. The van der Waals surface area contributed by atoms with Gasteiger partial charge in [-0.25, -0.2) is 0 Å². The van der Waals surface area contributed by atoms with Crippen LogP contribution in [0.5, 0.6) is 0 Å². The van der Waals surface area contributed by atoms with Crippen molar-refractivity contribution >= 4 is 22.2 Å². The highest BCUT2D eigenvalue weighted by Gasteiger charge is 2.28. The number of hydrogen-bond donors (Lipinski definition) is 1. The smallest absolute Gasteiger partial charge is 0.230 e. The zero-order chi connectivity index (χ0) is 12.3. The molecule has 1 aromatic rings. The fourth-order valence-electron chi connectivity index (χ4n) is 2.47. The first-order chi connectivity index (χ1) is 8.22. The predicted octanol–water partition coefficient (Wildman–Crippen LogP) is 2.49. The fourth-order valence-corrected chi connectivity index (χ4v) is 3.17. The summed E-state index contributed by atoms with van der Waals surface area (Å²) in [4.78, 5) is 14.1. The molecule has 2 rings (SSSR count). The van der Waals surface area contributed by atoms with E-state index in [1.165, 1.54) is 0 Å². The minimum absolute atomic E-state index is 0.215. The van der Waals surface area contributed by atoms with E-state index in [-0.39, 0.29) is 11.8 Å². The van der Waals surface area contributed by atoms with Crippen molar-refractivity contribution in [1.29, 1.82) is 0 Å². The first-order valence-electron chi connectivity index (χ1n) is 6.20. The standard InChI is InChI=1S/C13H20N2OS/c1-14-11-7-5-10(6-8-11)13(16)15(2)12-4-3-9-17-12/h3-4,9-11,14H,5-8H2,1-2H3. The first kappa shape index (κ1) is 12.6. The van der Waals surface area contributed by atoms with Gasteiger partial charge in [0.1, 0.15) is 0 Å². The molecule has 0 saturated heterocycles. The number of anilines is 1. The molecule has 1 aliphatic rings. The van der Waals surface area contributed by atoms with Crippen LogP contribution in [0.1, 0.15) is 25.7 Å². The lowest BCUT2D eigenvalue weighted by Gasteiger charge is -2.29. The molecule has 1 aliphatic carbocycles. The summed E-state index contributed by atoms with van der Waals surface area (Å²) in [5.41, 5.74) is 0. The second kappa shape index (κ2) is 5.65. The Morgan fingerprint density at radius 2 is 2.12 bits per heavy atom. The average molecular weight is 252 g/mol. The maximum absolute atomic E-state index is 12.3. The van der Waals surface area contributed by atoms with E-state index >= 15 is 0 Å². The average Bonchev–Trinajstić information content (AvgIpc) is 2.91. The van der Waals surface area contributed by atoms with Gasteiger partial charge in [0.2, 0.25) is 5.91 Å². The van der Waals surface area contributed by atoms with E-state index in [2.05, 4.69) is 5.32 Å². The van der Waals surface area contributed by atoms with Gasteiger partial charge in [0.25, 0.3) is 0 Å². The lowest BCUT2D eigenvalue weighted by atomic mass is 9.85. The van der Waals surface area contributed by atoms with E-state index in [0.717, 1.165) is 30.7 Å². The van der Waals surface area contributed by atoms with Gasteiger partial charge in [-0.15, -0.1) is 11.3 Å². The van der Waals surface area contributed by atoms with Crippen molar-refractivity contribution in [3.05, 3.63) is 17.5 Å². The van der Waals surface area contributed by atoms with Gasteiger partial charge in [0.05, 0.1) is 5.00 Å². The van der Waals surface area contributed by atoms with Crippen LogP contribution < -0.4 is 10.2 Å². The Balaban J connectivity index is 1.93. The zero-order valence-corrected chi connectivity index (χ0v) is 11.3. The van der Waals surface area contributed by atoms with Gasteiger partial charge in [-0.05, 0) is 50.2 Å². The number of rotatable bonds is 3. The molecule has 94 valence electrons. The highest BCUT2D eigenvalue weighted by molar-refractivity contribution is 7.14. The van der Waals surface area contributed by atoms with Gasteiger partial charge in [-0.2, -0.15) is 0 Å². The van der Waals surface area contributed by atoms with E-state index in [1.807, 2.05) is 36.5 Å². The SMILES string of the molecule is CNC1CCC(C(=O)N(C)c2cccs2)CC1. The Morgan fingerprint density at radius 1 is 1.41 bits per heavy atom. The highest BCUT2D eigenvalue weighted by Crippen LogP contribution is 2.28. The van der Waals surface area contributed by atoms with Crippen LogP contribution in [0.4, 0.5) is 5.00 Å². The van der Waals surface area contributed by atoms with Crippen molar-refractivity contribution in [2.45, 2.75) is 31.7 Å². The summed E-state index contributed by atoms with van der Waals surface area (Å²) in [6, 6.07) is 4.59. The Hall–Kier alpha value is -0.870. The molecular weight excluding hydrogens is 232 g/mol. The van der Waals surface area contributed by atoms with E-state index < -0.39 is 0 Å². The van der Waals surface area contributed by atoms with Crippen molar-refractivity contribution in [3.63, 3.8) is 0 Å². The van der Waals surface area contributed by atoms with Crippen LogP contribution in [0.3, 0.4) is 0 Å². The summed E-state index contributed by atoms with van der Waals surface area (Å²) < 4.78 is 0. The lowest BCUT2D eigenvalue weighted by molar-refractivity contribution is -0.123. The summed E-state index contributed by atoms with van der Waals surface area (Å²) >= 11 is 1.62. The van der Waals surface area contributed by atoms with Gasteiger partial charge >= 0.3 is 0 Å². The number of amides is 1. The monoisotopic (exact) mass is 252 g/mol. The number of nitrogens with one attached hydrogen (secondary N) is 1. The molecule has 0 aromatic carbocycles. The highest BCUT2D eigenvalue weighted by atomic mass is 32.1. The summed E-state index contributed by atoms with van der Waals surface area (Å²) in [5, 5.41) is 6.36. The Kier molecular flexibility index (Phi) is 4.18. The molecule has 0 unspecified atom stereocenters. The number of carbonyl (C=O) groups excluding carboxylic acids is 1. The predicted molar refractivity (Wildman–Crippen MR) is 72.5 cm³/mol. The molecule has 1 saturated carbocycles. The van der Waals surface area contributed by atoms with Gasteiger partial charge in [0.15, 0.2) is 0 Å². The Labute approximate surface area is 107 Å². The normalized spacial score (nSPS) is 24.6. The van der Waals surface area contributed by atoms with Gasteiger partial charge in [0, 0.05) is 19.0 Å².